The topological polar surface area (TPSA) is 87.2 Å². The smallest absolute Gasteiger partial charge is 0.201 e. The third-order valence-corrected chi connectivity index (χ3v) is 5.66. The summed E-state index contributed by atoms with van der Waals surface area (Å²) in [4.78, 5) is 4.25. The average molecular weight is 297 g/mol. The predicted octanol–water partition coefficient (Wildman–Crippen LogP) is 1.45. The normalized spacial score (nSPS) is 12.8. The second-order valence-electron chi connectivity index (χ2n) is 5.44. The lowest BCUT2D eigenvalue weighted by Gasteiger charge is -2.23. The fourth-order valence-electron chi connectivity index (χ4n) is 1.92. The molecular weight excluding hydrogens is 278 g/mol. The number of ether oxygens (including phenoxy) is 1. The first-order valence-electron chi connectivity index (χ1n) is 6.15. The van der Waals surface area contributed by atoms with E-state index in [9.17, 15) is 8.42 Å². The molecule has 0 bridgehead atoms. The summed E-state index contributed by atoms with van der Waals surface area (Å²) in [6, 6.07) is 5.40. The fourth-order valence-corrected chi connectivity index (χ4v) is 2.28. The van der Waals surface area contributed by atoms with Gasteiger partial charge in [-0.05, 0) is 26.0 Å². The highest BCUT2D eigenvalue weighted by Crippen LogP contribution is 2.26. The minimum absolute atomic E-state index is 0.250. The largest absolute Gasteiger partial charge is 0.497 e. The van der Waals surface area contributed by atoms with Gasteiger partial charge in [-0.2, -0.15) is 0 Å². The third kappa shape index (κ3) is 2.45. The molecule has 0 amide bonds. The van der Waals surface area contributed by atoms with Gasteiger partial charge < -0.3 is 15.0 Å². The molecule has 1 aromatic carbocycles. The summed E-state index contributed by atoms with van der Waals surface area (Å²) in [5.41, 5.74) is 7.39. The maximum atomic E-state index is 11.8. The quantitative estimate of drug-likeness (QED) is 0.923. The Morgan fingerprint density at radius 1 is 1.40 bits per heavy atom. The molecule has 0 radical (unpaired) electrons. The Hall–Kier alpha value is -1.76. The zero-order chi connectivity index (χ0) is 15.1. The van der Waals surface area contributed by atoms with Gasteiger partial charge in [-0.15, -0.1) is 0 Å². The molecule has 0 aliphatic carbocycles. The van der Waals surface area contributed by atoms with Crippen LogP contribution in [0.25, 0.3) is 11.0 Å². The number of aromatic nitrogens is 2. The molecule has 0 fully saturated rings. The van der Waals surface area contributed by atoms with Crippen LogP contribution in [-0.2, 0) is 16.4 Å². The van der Waals surface area contributed by atoms with Gasteiger partial charge in [0.25, 0.3) is 0 Å². The first kappa shape index (κ1) is 14.6. The third-order valence-electron chi connectivity index (χ3n) is 3.53. The van der Waals surface area contributed by atoms with Crippen molar-refractivity contribution in [2.75, 3.05) is 19.1 Å². The standard InChI is InChI=1S/C13H19N3O3S/c1-13(2,20(4,17)18)8-16-11-6-5-9(19-3)7-10(11)15-12(16)14/h5-7H,8H2,1-4H3,(H2,14,15). The van der Waals surface area contributed by atoms with Crippen LogP contribution in [0, 0.1) is 0 Å². The monoisotopic (exact) mass is 297 g/mol. The molecule has 2 rings (SSSR count). The van der Waals surface area contributed by atoms with Crippen molar-refractivity contribution < 1.29 is 13.2 Å². The van der Waals surface area contributed by atoms with Crippen LogP contribution in [-0.4, -0.2) is 36.1 Å². The Labute approximate surface area is 118 Å². The first-order chi connectivity index (χ1) is 9.15. The second kappa shape index (κ2) is 4.66. The van der Waals surface area contributed by atoms with E-state index in [-0.39, 0.29) is 6.54 Å². The van der Waals surface area contributed by atoms with Crippen LogP contribution in [0.5, 0.6) is 5.75 Å². The summed E-state index contributed by atoms with van der Waals surface area (Å²) in [5.74, 6) is 0.981. The maximum Gasteiger partial charge on any atom is 0.201 e. The van der Waals surface area contributed by atoms with E-state index in [1.165, 1.54) is 6.26 Å². The second-order valence-corrected chi connectivity index (χ2v) is 8.09. The molecule has 1 heterocycles. The molecule has 7 heteroatoms. The van der Waals surface area contributed by atoms with E-state index >= 15 is 0 Å². The van der Waals surface area contributed by atoms with Gasteiger partial charge in [0.1, 0.15) is 5.75 Å². The van der Waals surface area contributed by atoms with E-state index in [0.717, 1.165) is 5.52 Å². The number of nitrogens with two attached hydrogens (primary N) is 1. The number of imidazole rings is 1. The van der Waals surface area contributed by atoms with Crippen molar-refractivity contribution in [3.05, 3.63) is 18.2 Å². The van der Waals surface area contributed by atoms with Crippen LogP contribution < -0.4 is 10.5 Å². The highest BCUT2D eigenvalue weighted by atomic mass is 32.2. The lowest BCUT2D eigenvalue weighted by Crippen LogP contribution is -2.36. The average Bonchev–Trinajstić information content (AvgIpc) is 2.63. The zero-order valence-corrected chi connectivity index (χ0v) is 12.9. The fraction of sp³-hybridized carbons (Fsp3) is 0.462. The Balaban J connectivity index is 2.53. The number of nitrogen functional groups attached to an aromatic ring is 1. The van der Waals surface area contributed by atoms with Gasteiger partial charge in [0, 0.05) is 18.9 Å². The van der Waals surface area contributed by atoms with E-state index in [4.69, 9.17) is 10.5 Å². The molecule has 0 atom stereocenters. The summed E-state index contributed by atoms with van der Waals surface area (Å²) < 4.78 is 29.6. The molecular formula is C13H19N3O3S. The van der Waals surface area contributed by atoms with Gasteiger partial charge in [0.05, 0.1) is 22.9 Å². The van der Waals surface area contributed by atoms with Crippen molar-refractivity contribution in [3.63, 3.8) is 0 Å². The van der Waals surface area contributed by atoms with Gasteiger partial charge in [0.15, 0.2) is 9.84 Å². The molecule has 0 saturated carbocycles. The SMILES string of the molecule is COc1ccc2c(c1)nc(N)n2CC(C)(C)S(C)(=O)=O. The van der Waals surface area contributed by atoms with E-state index in [1.807, 2.05) is 6.07 Å². The highest BCUT2D eigenvalue weighted by molar-refractivity contribution is 7.92. The predicted molar refractivity (Wildman–Crippen MR) is 79.6 cm³/mol. The van der Waals surface area contributed by atoms with Gasteiger partial charge >= 0.3 is 0 Å². The number of anilines is 1. The van der Waals surface area contributed by atoms with Crippen molar-refractivity contribution >= 4 is 26.8 Å². The Morgan fingerprint density at radius 3 is 2.60 bits per heavy atom. The zero-order valence-electron chi connectivity index (χ0n) is 12.0. The lowest BCUT2D eigenvalue weighted by molar-refractivity contribution is 0.415. The van der Waals surface area contributed by atoms with E-state index in [2.05, 4.69) is 4.98 Å². The Bertz CT molecular complexity index is 748. The van der Waals surface area contributed by atoms with Crippen molar-refractivity contribution in [1.29, 1.82) is 0 Å². The number of nitrogens with zero attached hydrogens (tertiary/aromatic N) is 2. The molecule has 2 aromatic rings. The summed E-state index contributed by atoms with van der Waals surface area (Å²) in [6.45, 7) is 3.61. The number of benzene rings is 1. The number of hydrogen-bond acceptors (Lipinski definition) is 5. The van der Waals surface area contributed by atoms with Crippen LogP contribution in [0.2, 0.25) is 0 Å². The molecule has 0 aliphatic heterocycles. The molecule has 1 aromatic heterocycles. The minimum Gasteiger partial charge on any atom is -0.497 e. The first-order valence-corrected chi connectivity index (χ1v) is 8.04. The van der Waals surface area contributed by atoms with Crippen molar-refractivity contribution in [2.24, 2.45) is 0 Å². The Kier molecular flexibility index (Phi) is 3.41. The van der Waals surface area contributed by atoms with Gasteiger partial charge in [-0.25, -0.2) is 13.4 Å². The number of rotatable bonds is 4. The van der Waals surface area contributed by atoms with Gasteiger partial charge in [-0.3, -0.25) is 0 Å². The maximum absolute atomic E-state index is 11.8. The molecule has 0 spiro atoms. The van der Waals surface area contributed by atoms with E-state index < -0.39 is 14.6 Å². The number of hydrogen-bond donors (Lipinski definition) is 1. The van der Waals surface area contributed by atoms with Gasteiger partial charge in [-0.1, -0.05) is 0 Å². The van der Waals surface area contributed by atoms with Crippen molar-refractivity contribution in [2.45, 2.75) is 25.1 Å². The van der Waals surface area contributed by atoms with Crippen LogP contribution in [0.15, 0.2) is 18.2 Å². The lowest BCUT2D eigenvalue weighted by atomic mass is 10.2. The minimum atomic E-state index is -3.21. The van der Waals surface area contributed by atoms with Crippen LogP contribution in [0.4, 0.5) is 5.95 Å². The highest BCUT2D eigenvalue weighted by Gasteiger charge is 2.31. The van der Waals surface area contributed by atoms with E-state index in [0.29, 0.717) is 17.2 Å². The van der Waals surface area contributed by atoms with Crippen LogP contribution in [0.1, 0.15) is 13.8 Å². The van der Waals surface area contributed by atoms with Crippen molar-refractivity contribution in [3.8, 4) is 5.75 Å². The van der Waals surface area contributed by atoms with Crippen LogP contribution >= 0.6 is 0 Å². The molecule has 110 valence electrons. The summed E-state index contributed by atoms with van der Waals surface area (Å²) >= 11 is 0. The summed E-state index contributed by atoms with van der Waals surface area (Å²) in [6.07, 6.45) is 1.23. The molecule has 20 heavy (non-hydrogen) atoms. The van der Waals surface area contributed by atoms with Gasteiger partial charge in [0.2, 0.25) is 5.95 Å². The van der Waals surface area contributed by atoms with Crippen LogP contribution in [0.3, 0.4) is 0 Å². The Morgan fingerprint density at radius 2 is 2.05 bits per heavy atom. The molecule has 0 aliphatic rings. The molecule has 2 N–H and O–H groups in total. The molecule has 6 nitrogen and oxygen atoms in total. The molecule has 0 saturated heterocycles. The number of methoxy groups -OCH3 is 1. The summed E-state index contributed by atoms with van der Waals surface area (Å²) in [5, 5.41) is 0. The molecule has 0 unspecified atom stereocenters. The number of sulfone groups is 1. The van der Waals surface area contributed by atoms with E-state index in [1.54, 1.807) is 37.7 Å². The number of fused-ring (bicyclic) bond motifs is 1. The van der Waals surface area contributed by atoms with Crippen molar-refractivity contribution in [1.82, 2.24) is 9.55 Å². The summed E-state index contributed by atoms with van der Waals surface area (Å²) in [7, 11) is -1.63.